The van der Waals surface area contributed by atoms with Crippen LogP contribution in [0.2, 0.25) is 0 Å². The van der Waals surface area contributed by atoms with Crippen LogP contribution in [-0.4, -0.2) is 23.7 Å². The highest BCUT2D eigenvalue weighted by atomic mass is 16.6. The molecule has 1 aromatic heterocycles. The molecule has 0 aromatic carbocycles. The lowest BCUT2D eigenvalue weighted by atomic mass is 9.85. The highest BCUT2D eigenvalue weighted by Gasteiger charge is 2.26. The van der Waals surface area contributed by atoms with Gasteiger partial charge < -0.3 is 10.1 Å². The van der Waals surface area contributed by atoms with E-state index < -0.39 is 0 Å². The summed E-state index contributed by atoms with van der Waals surface area (Å²) < 4.78 is 5.58. The van der Waals surface area contributed by atoms with Gasteiger partial charge in [0.15, 0.2) is 0 Å². The molecule has 2 atom stereocenters. The second-order valence-electron chi connectivity index (χ2n) is 5.96. The Morgan fingerprint density at radius 1 is 1.41 bits per heavy atom. The van der Waals surface area contributed by atoms with E-state index in [0.717, 1.165) is 11.3 Å². The third-order valence-electron chi connectivity index (χ3n) is 3.78. The summed E-state index contributed by atoms with van der Waals surface area (Å²) in [5.74, 6) is 0.650. The van der Waals surface area contributed by atoms with E-state index in [0.29, 0.717) is 18.9 Å². The molecular formula is C18H24N2O2. The first-order chi connectivity index (χ1) is 10.6. The number of alkyl carbamates (subject to hydrolysis) is 1. The van der Waals surface area contributed by atoms with Crippen molar-refractivity contribution in [2.75, 3.05) is 6.54 Å². The molecule has 0 fully saturated rings. The number of allylic oxidation sites excluding steroid dienone is 2. The van der Waals surface area contributed by atoms with Crippen LogP contribution in [0.25, 0.3) is 0 Å². The van der Waals surface area contributed by atoms with E-state index in [1.807, 2.05) is 31.2 Å². The Bertz CT molecular complexity index is 549. The molecule has 1 aliphatic carbocycles. The van der Waals surface area contributed by atoms with Crippen molar-refractivity contribution in [3.63, 3.8) is 0 Å². The molecule has 1 amide bonds. The minimum atomic E-state index is -0.370. The van der Waals surface area contributed by atoms with Crippen LogP contribution in [0.15, 0.2) is 48.2 Å². The first kappa shape index (κ1) is 16.3. The lowest BCUT2D eigenvalue weighted by molar-refractivity contribution is 0.0873. The molecule has 0 spiro atoms. The summed E-state index contributed by atoms with van der Waals surface area (Å²) in [5.41, 5.74) is 2.09. The van der Waals surface area contributed by atoms with Gasteiger partial charge in [-0.1, -0.05) is 37.6 Å². The van der Waals surface area contributed by atoms with Gasteiger partial charge in [-0.25, -0.2) is 4.79 Å². The molecule has 22 heavy (non-hydrogen) atoms. The van der Waals surface area contributed by atoms with Crippen molar-refractivity contribution in [3.8, 4) is 0 Å². The van der Waals surface area contributed by atoms with Gasteiger partial charge in [0, 0.05) is 30.8 Å². The van der Waals surface area contributed by atoms with Gasteiger partial charge in [0.1, 0.15) is 6.10 Å². The standard InChI is InChI=1S/C18H24N2O2/c1-13(2)16-8-7-14(3)12-17(16)22-18(21)20-11-9-15-6-4-5-10-19-15/h4-8,10,12-13,16-17H,9,11H2,1-3H3,(H,20,21). The Kier molecular flexibility index (Phi) is 5.75. The zero-order chi connectivity index (χ0) is 15.9. The molecule has 2 rings (SSSR count). The highest BCUT2D eigenvalue weighted by Crippen LogP contribution is 2.26. The number of pyridine rings is 1. The maximum Gasteiger partial charge on any atom is 0.407 e. The van der Waals surface area contributed by atoms with E-state index in [4.69, 9.17) is 4.74 Å². The smallest absolute Gasteiger partial charge is 0.407 e. The first-order valence-electron chi connectivity index (χ1n) is 7.77. The fraction of sp³-hybridized carbons (Fsp3) is 0.444. The Morgan fingerprint density at radius 2 is 2.23 bits per heavy atom. The number of nitrogens with zero attached hydrogens (tertiary/aromatic N) is 1. The van der Waals surface area contributed by atoms with Crippen LogP contribution in [0.5, 0.6) is 0 Å². The summed E-state index contributed by atoms with van der Waals surface area (Å²) in [6.07, 6.45) is 8.12. The first-order valence-corrected chi connectivity index (χ1v) is 7.77. The van der Waals surface area contributed by atoms with Gasteiger partial charge in [-0.15, -0.1) is 0 Å². The number of aromatic nitrogens is 1. The number of hydrogen-bond acceptors (Lipinski definition) is 3. The molecule has 2 unspecified atom stereocenters. The van der Waals surface area contributed by atoms with Gasteiger partial charge in [0.25, 0.3) is 0 Å². The van der Waals surface area contributed by atoms with Gasteiger partial charge >= 0.3 is 6.09 Å². The van der Waals surface area contributed by atoms with Gasteiger partial charge in [-0.2, -0.15) is 0 Å². The Balaban J connectivity index is 1.82. The highest BCUT2D eigenvalue weighted by molar-refractivity contribution is 5.67. The van der Waals surface area contributed by atoms with E-state index in [1.54, 1.807) is 6.20 Å². The van der Waals surface area contributed by atoms with Gasteiger partial charge in [-0.05, 0) is 31.1 Å². The van der Waals surface area contributed by atoms with E-state index in [-0.39, 0.29) is 18.1 Å². The molecule has 4 nitrogen and oxygen atoms in total. The third kappa shape index (κ3) is 4.72. The second kappa shape index (κ2) is 7.78. The molecule has 118 valence electrons. The normalized spacial score (nSPS) is 20.6. The molecule has 1 aliphatic rings. The maximum absolute atomic E-state index is 12.0. The number of nitrogens with one attached hydrogen (secondary N) is 1. The number of amides is 1. The molecule has 4 heteroatoms. The number of rotatable bonds is 5. The molecule has 0 saturated heterocycles. The van der Waals surface area contributed by atoms with Crippen molar-refractivity contribution < 1.29 is 9.53 Å². The van der Waals surface area contributed by atoms with E-state index in [9.17, 15) is 4.79 Å². The van der Waals surface area contributed by atoms with Crippen molar-refractivity contribution in [2.45, 2.75) is 33.3 Å². The fourth-order valence-corrected chi connectivity index (χ4v) is 2.52. The molecular weight excluding hydrogens is 276 g/mol. The number of ether oxygens (including phenoxy) is 1. The minimum absolute atomic E-state index is 0.195. The maximum atomic E-state index is 12.0. The average molecular weight is 300 g/mol. The summed E-state index contributed by atoms with van der Waals surface area (Å²) in [7, 11) is 0. The Morgan fingerprint density at radius 3 is 2.91 bits per heavy atom. The molecule has 0 bridgehead atoms. The topological polar surface area (TPSA) is 51.2 Å². The van der Waals surface area contributed by atoms with Crippen molar-refractivity contribution in [2.24, 2.45) is 11.8 Å². The molecule has 1 heterocycles. The SMILES string of the molecule is CC1=CC(OC(=O)NCCc2ccccn2)C(C(C)C)C=C1. The van der Waals surface area contributed by atoms with Crippen LogP contribution < -0.4 is 5.32 Å². The molecule has 0 saturated carbocycles. The predicted octanol–water partition coefficient (Wildman–Crippen LogP) is 3.51. The summed E-state index contributed by atoms with van der Waals surface area (Å²) in [6.45, 7) is 6.81. The molecule has 1 aromatic rings. The average Bonchev–Trinajstić information content (AvgIpc) is 2.48. The zero-order valence-corrected chi connectivity index (χ0v) is 13.5. The molecule has 0 aliphatic heterocycles. The van der Waals surface area contributed by atoms with Gasteiger partial charge in [-0.3, -0.25) is 4.98 Å². The molecule has 0 radical (unpaired) electrons. The summed E-state index contributed by atoms with van der Waals surface area (Å²) in [6, 6.07) is 5.76. The number of carbonyl (C=O) groups excluding carboxylic acids is 1. The van der Waals surface area contributed by atoms with E-state index >= 15 is 0 Å². The number of carbonyl (C=O) groups is 1. The fourth-order valence-electron chi connectivity index (χ4n) is 2.52. The van der Waals surface area contributed by atoms with Gasteiger partial charge in [0.2, 0.25) is 0 Å². The predicted molar refractivity (Wildman–Crippen MR) is 87.4 cm³/mol. The van der Waals surface area contributed by atoms with Crippen LogP contribution in [0.3, 0.4) is 0 Å². The van der Waals surface area contributed by atoms with Gasteiger partial charge in [0.05, 0.1) is 0 Å². The zero-order valence-electron chi connectivity index (χ0n) is 13.5. The quantitative estimate of drug-likeness (QED) is 0.905. The largest absolute Gasteiger partial charge is 0.441 e. The number of hydrogen-bond donors (Lipinski definition) is 1. The summed E-state index contributed by atoms with van der Waals surface area (Å²) >= 11 is 0. The van der Waals surface area contributed by atoms with E-state index in [1.165, 1.54) is 0 Å². The van der Waals surface area contributed by atoms with Crippen LogP contribution in [0.1, 0.15) is 26.5 Å². The van der Waals surface area contributed by atoms with Crippen molar-refractivity contribution >= 4 is 6.09 Å². The Hall–Kier alpha value is -2.10. The lowest BCUT2D eigenvalue weighted by Gasteiger charge is -2.28. The van der Waals surface area contributed by atoms with Crippen molar-refractivity contribution in [1.29, 1.82) is 0 Å². The van der Waals surface area contributed by atoms with Crippen molar-refractivity contribution in [1.82, 2.24) is 10.3 Å². The molecule has 1 N–H and O–H groups in total. The van der Waals surface area contributed by atoms with Crippen LogP contribution in [0, 0.1) is 11.8 Å². The van der Waals surface area contributed by atoms with Crippen LogP contribution in [0.4, 0.5) is 4.79 Å². The Labute approximate surface area is 132 Å². The van der Waals surface area contributed by atoms with E-state index in [2.05, 4.69) is 36.3 Å². The van der Waals surface area contributed by atoms with Crippen LogP contribution >= 0.6 is 0 Å². The second-order valence-corrected chi connectivity index (χ2v) is 5.96. The monoisotopic (exact) mass is 300 g/mol. The lowest BCUT2D eigenvalue weighted by Crippen LogP contribution is -2.35. The van der Waals surface area contributed by atoms with Crippen LogP contribution in [-0.2, 0) is 11.2 Å². The minimum Gasteiger partial charge on any atom is -0.441 e. The third-order valence-corrected chi connectivity index (χ3v) is 3.78. The summed E-state index contributed by atoms with van der Waals surface area (Å²) in [4.78, 5) is 16.2. The van der Waals surface area contributed by atoms with Crippen molar-refractivity contribution in [3.05, 3.63) is 53.9 Å². The summed E-state index contributed by atoms with van der Waals surface area (Å²) in [5, 5.41) is 2.80.